The third-order valence-electron chi connectivity index (χ3n) is 1.68. The van der Waals surface area contributed by atoms with E-state index in [1.165, 1.54) is 11.3 Å². The van der Waals surface area contributed by atoms with Crippen molar-refractivity contribution in [3.8, 4) is 0 Å². The number of hydrogen-bond donors (Lipinski definition) is 0. The Morgan fingerprint density at radius 3 is 2.87 bits per heavy atom. The Balaban J connectivity index is 2.22. The molecule has 0 atom stereocenters. The van der Waals surface area contributed by atoms with Gasteiger partial charge in [0.1, 0.15) is 4.34 Å². The Bertz CT molecular complexity index is 479. The highest BCUT2D eigenvalue weighted by molar-refractivity contribution is 7.20. The maximum Gasteiger partial charge on any atom is 0.103 e. The first kappa shape index (κ1) is 10.6. The predicted molar refractivity (Wildman–Crippen MR) is 65.8 cm³/mol. The van der Waals surface area contributed by atoms with Gasteiger partial charge in [0.15, 0.2) is 0 Å². The lowest BCUT2D eigenvalue weighted by Gasteiger charge is -1.90. The molecule has 2 rings (SSSR count). The summed E-state index contributed by atoms with van der Waals surface area (Å²) in [5.41, 5.74) is 1.62. The van der Waals surface area contributed by atoms with E-state index in [-0.39, 0.29) is 0 Å². The van der Waals surface area contributed by atoms with Crippen molar-refractivity contribution in [2.75, 3.05) is 0 Å². The topological polar surface area (TPSA) is 25.2 Å². The molecule has 0 fully saturated rings. The molecule has 2 aromatic heterocycles. The molecule has 0 radical (unpaired) electrons. The second-order valence-electron chi connectivity index (χ2n) is 2.75. The van der Waals surface area contributed by atoms with Crippen molar-refractivity contribution in [2.24, 2.45) is 4.99 Å². The zero-order chi connectivity index (χ0) is 10.7. The summed E-state index contributed by atoms with van der Waals surface area (Å²) in [7, 11) is 0. The highest BCUT2D eigenvalue weighted by Crippen LogP contribution is 2.30. The van der Waals surface area contributed by atoms with Crippen molar-refractivity contribution >= 4 is 46.4 Å². The average molecular weight is 257 g/mol. The molecule has 0 unspecified atom stereocenters. The quantitative estimate of drug-likeness (QED) is 0.740. The molecular weight excluding hydrogens is 251 g/mol. The van der Waals surface area contributed by atoms with E-state index < -0.39 is 0 Å². The van der Waals surface area contributed by atoms with E-state index in [4.69, 9.17) is 23.2 Å². The van der Waals surface area contributed by atoms with Gasteiger partial charge in [0.25, 0.3) is 0 Å². The number of nitrogens with zero attached hydrogens (tertiary/aromatic N) is 2. The Hall–Kier alpha value is -0.900. The van der Waals surface area contributed by atoms with Gasteiger partial charge in [-0.25, -0.2) is 0 Å². The highest BCUT2D eigenvalue weighted by Gasteiger charge is 2.02. The Morgan fingerprint density at radius 1 is 1.40 bits per heavy atom. The first-order valence-corrected chi connectivity index (χ1v) is 5.72. The highest BCUT2D eigenvalue weighted by atomic mass is 35.5. The fourth-order valence-corrected chi connectivity index (χ4v) is 2.42. The van der Waals surface area contributed by atoms with Crippen LogP contribution in [0.1, 0.15) is 5.56 Å². The summed E-state index contributed by atoms with van der Waals surface area (Å²) >= 11 is 13.1. The molecule has 2 nitrogen and oxygen atoms in total. The summed E-state index contributed by atoms with van der Waals surface area (Å²) in [6.45, 7) is 0. The normalized spacial score (nSPS) is 11.1. The fourth-order valence-electron chi connectivity index (χ4n) is 1.02. The smallest absolute Gasteiger partial charge is 0.103 e. The van der Waals surface area contributed by atoms with Crippen LogP contribution >= 0.6 is 34.5 Å². The molecule has 15 heavy (non-hydrogen) atoms. The van der Waals surface area contributed by atoms with Gasteiger partial charge in [-0.15, -0.1) is 11.3 Å². The minimum absolute atomic E-state index is 0.646. The second kappa shape index (κ2) is 4.75. The largest absolute Gasteiger partial charge is 0.262 e. The van der Waals surface area contributed by atoms with Crippen LogP contribution in [0.15, 0.2) is 35.6 Å². The van der Waals surface area contributed by atoms with Crippen molar-refractivity contribution < 1.29 is 0 Å². The van der Waals surface area contributed by atoms with E-state index >= 15 is 0 Å². The van der Waals surface area contributed by atoms with Crippen LogP contribution in [0.2, 0.25) is 8.67 Å². The monoisotopic (exact) mass is 256 g/mol. The lowest BCUT2D eigenvalue weighted by Crippen LogP contribution is -1.76. The predicted octanol–water partition coefficient (Wildman–Crippen LogP) is 4.20. The number of halogens is 2. The van der Waals surface area contributed by atoms with Gasteiger partial charge >= 0.3 is 0 Å². The second-order valence-corrected chi connectivity index (χ2v) is 5.03. The van der Waals surface area contributed by atoms with E-state index in [2.05, 4.69) is 9.98 Å². The first-order valence-electron chi connectivity index (χ1n) is 4.14. The van der Waals surface area contributed by atoms with E-state index in [0.29, 0.717) is 8.67 Å². The molecule has 0 aliphatic rings. The maximum absolute atomic E-state index is 5.94. The van der Waals surface area contributed by atoms with Crippen molar-refractivity contribution in [2.45, 2.75) is 0 Å². The minimum Gasteiger partial charge on any atom is -0.262 e. The SMILES string of the molecule is Clc1cc(C=Nc2cccnc2)c(Cl)s1. The summed E-state index contributed by atoms with van der Waals surface area (Å²) < 4.78 is 1.31. The summed E-state index contributed by atoms with van der Waals surface area (Å²) in [5, 5.41) is 0. The van der Waals surface area contributed by atoms with Gasteiger partial charge in [0.05, 0.1) is 16.2 Å². The molecule has 0 saturated carbocycles. The van der Waals surface area contributed by atoms with Gasteiger partial charge in [-0.2, -0.15) is 0 Å². The maximum atomic E-state index is 5.94. The molecule has 2 aromatic rings. The number of rotatable bonds is 2. The van der Waals surface area contributed by atoms with Crippen LogP contribution in [0.25, 0.3) is 0 Å². The number of thiophene rings is 1. The van der Waals surface area contributed by atoms with Gasteiger partial charge in [-0.1, -0.05) is 23.2 Å². The molecule has 0 N–H and O–H groups in total. The van der Waals surface area contributed by atoms with Gasteiger partial charge in [0.2, 0.25) is 0 Å². The molecule has 76 valence electrons. The summed E-state index contributed by atoms with van der Waals surface area (Å²) in [6.07, 6.45) is 5.06. The first-order chi connectivity index (χ1) is 7.25. The van der Waals surface area contributed by atoms with E-state index in [0.717, 1.165) is 11.3 Å². The molecule has 0 aliphatic carbocycles. The number of pyridine rings is 1. The van der Waals surface area contributed by atoms with Gasteiger partial charge in [-0.3, -0.25) is 9.98 Å². The molecule has 0 spiro atoms. The summed E-state index contributed by atoms with van der Waals surface area (Å²) in [4.78, 5) is 8.18. The molecule has 2 heterocycles. The van der Waals surface area contributed by atoms with Crippen molar-refractivity contribution in [3.05, 3.63) is 44.8 Å². The Kier molecular flexibility index (Phi) is 3.36. The molecule has 0 bridgehead atoms. The molecule has 0 saturated heterocycles. The molecule has 0 aliphatic heterocycles. The zero-order valence-corrected chi connectivity index (χ0v) is 9.85. The van der Waals surface area contributed by atoms with E-state index in [9.17, 15) is 0 Å². The lowest BCUT2D eigenvalue weighted by atomic mass is 10.3. The third kappa shape index (κ3) is 2.78. The summed E-state index contributed by atoms with van der Waals surface area (Å²) in [6, 6.07) is 5.48. The molecule has 5 heteroatoms. The van der Waals surface area contributed by atoms with Crippen LogP contribution in [-0.4, -0.2) is 11.2 Å². The van der Waals surface area contributed by atoms with Gasteiger partial charge < -0.3 is 0 Å². The number of aromatic nitrogens is 1. The van der Waals surface area contributed by atoms with E-state index in [1.54, 1.807) is 24.7 Å². The van der Waals surface area contributed by atoms with Crippen LogP contribution in [0.4, 0.5) is 5.69 Å². The molecular formula is C10H6Cl2N2S. The van der Waals surface area contributed by atoms with Crippen LogP contribution in [0, 0.1) is 0 Å². The number of hydrogen-bond acceptors (Lipinski definition) is 3. The van der Waals surface area contributed by atoms with Crippen LogP contribution in [0.5, 0.6) is 0 Å². The lowest BCUT2D eigenvalue weighted by molar-refractivity contribution is 1.31. The number of aliphatic imine (C=N–C) groups is 1. The standard InChI is InChI=1S/C10H6Cl2N2S/c11-9-4-7(10(12)15-9)5-14-8-2-1-3-13-6-8/h1-6H. The fraction of sp³-hybridized carbons (Fsp3) is 0. The van der Waals surface area contributed by atoms with Crippen molar-refractivity contribution in [1.82, 2.24) is 4.98 Å². The van der Waals surface area contributed by atoms with Crippen molar-refractivity contribution in [1.29, 1.82) is 0 Å². The average Bonchev–Trinajstić information content (AvgIpc) is 2.56. The van der Waals surface area contributed by atoms with Gasteiger partial charge in [0, 0.05) is 18.0 Å². The van der Waals surface area contributed by atoms with Crippen LogP contribution < -0.4 is 0 Å². The van der Waals surface area contributed by atoms with Crippen LogP contribution in [0.3, 0.4) is 0 Å². The van der Waals surface area contributed by atoms with Gasteiger partial charge in [-0.05, 0) is 18.2 Å². The minimum atomic E-state index is 0.646. The zero-order valence-electron chi connectivity index (χ0n) is 7.52. The molecule has 0 aromatic carbocycles. The van der Waals surface area contributed by atoms with Crippen molar-refractivity contribution in [3.63, 3.8) is 0 Å². The van der Waals surface area contributed by atoms with Crippen LogP contribution in [-0.2, 0) is 0 Å². The summed E-state index contributed by atoms with van der Waals surface area (Å²) in [5.74, 6) is 0. The third-order valence-corrected chi connectivity index (χ3v) is 3.20. The molecule has 0 amide bonds. The van der Waals surface area contributed by atoms with E-state index in [1.807, 2.05) is 12.1 Å². The Morgan fingerprint density at radius 2 is 2.27 bits per heavy atom. The Labute approximate surface area is 101 Å².